The SMILES string of the molecule is COc1ccc(-c2ccccc2)cc1NS(=O)(=O)C1=CC(Cl)=CNC1. The van der Waals surface area contributed by atoms with Crippen LogP contribution in [0.5, 0.6) is 5.75 Å². The second-order valence-electron chi connectivity index (χ2n) is 5.41. The zero-order valence-corrected chi connectivity index (χ0v) is 15.1. The summed E-state index contributed by atoms with van der Waals surface area (Å²) in [4.78, 5) is 0.159. The van der Waals surface area contributed by atoms with E-state index < -0.39 is 10.0 Å². The number of sulfonamides is 1. The Morgan fingerprint density at radius 2 is 1.88 bits per heavy atom. The standard InChI is InChI=1S/C18H17ClN2O3S/c1-24-18-8-7-14(13-5-3-2-4-6-13)9-17(18)21-25(22,23)16-10-15(19)11-20-12-16/h2-11,20-21H,12H2,1H3. The molecule has 130 valence electrons. The van der Waals surface area contributed by atoms with E-state index in [1.54, 1.807) is 18.3 Å². The van der Waals surface area contributed by atoms with Gasteiger partial charge in [-0.15, -0.1) is 0 Å². The maximum absolute atomic E-state index is 12.7. The van der Waals surface area contributed by atoms with Gasteiger partial charge in [0.25, 0.3) is 10.0 Å². The molecule has 1 aliphatic rings. The molecule has 0 aromatic heterocycles. The summed E-state index contributed by atoms with van der Waals surface area (Å²) in [5.41, 5.74) is 2.23. The molecule has 0 atom stereocenters. The fourth-order valence-corrected chi connectivity index (χ4v) is 3.89. The number of halogens is 1. The van der Waals surface area contributed by atoms with Crippen LogP contribution < -0.4 is 14.8 Å². The molecule has 0 saturated carbocycles. The molecule has 0 saturated heterocycles. The van der Waals surface area contributed by atoms with Gasteiger partial charge in [-0.05, 0) is 29.3 Å². The summed E-state index contributed by atoms with van der Waals surface area (Å²) in [6, 6.07) is 15.1. The van der Waals surface area contributed by atoms with E-state index in [2.05, 4.69) is 10.0 Å². The van der Waals surface area contributed by atoms with Crippen LogP contribution in [0.2, 0.25) is 0 Å². The van der Waals surface area contributed by atoms with Crippen LogP contribution in [-0.4, -0.2) is 22.1 Å². The third-order valence-electron chi connectivity index (χ3n) is 3.71. The summed E-state index contributed by atoms with van der Waals surface area (Å²) in [5, 5.41) is 3.16. The maximum atomic E-state index is 12.7. The molecule has 3 rings (SSSR count). The quantitative estimate of drug-likeness (QED) is 0.835. The van der Waals surface area contributed by atoms with Crippen molar-refractivity contribution < 1.29 is 13.2 Å². The second-order valence-corrected chi connectivity index (χ2v) is 7.58. The summed E-state index contributed by atoms with van der Waals surface area (Å²) in [6.07, 6.45) is 2.98. The molecule has 0 amide bonds. The van der Waals surface area contributed by atoms with Gasteiger partial charge in [0.2, 0.25) is 0 Å². The molecule has 25 heavy (non-hydrogen) atoms. The first kappa shape index (κ1) is 17.4. The van der Waals surface area contributed by atoms with Crippen LogP contribution in [0.15, 0.2) is 70.7 Å². The van der Waals surface area contributed by atoms with Gasteiger partial charge in [-0.25, -0.2) is 8.42 Å². The van der Waals surface area contributed by atoms with E-state index in [-0.39, 0.29) is 11.4 Å². The summed E-state index contributed by atoms with van der Waals surface area (Å²) in [6.45, 7) is 0.173. The first-order valence-corrected chi connectivity index (χ1v) is 9.41. The van der Waals surface area contributed by atoms with Crippen LogP contribution in [0, 0.1) is 0 Å². The lowest BCUT2D eigenvalue weighted by Crippen LogP contribution is -2.24. The van der Waals surface area contributed by atoms with Crippen molar-refractivity contribution in [2.75, 3.05) is 18.4 Å². The van der Waals surface area contributed by atoms with Crippen LogP contribution >= 0.6 is 11.6 Å². The summed E-state index contributed by atoms with van der Waals surface area (Å²) in [5.74, 6) is 0.439. The molecule has 1 heterocycles. The lowest BCUT2D eigenvalue weighted by Gasteiger charge is -2.17. The zero-order chi connectivity index (χ0) is 17.9. The van der Waals surface area contributed by atoms with Crippen molar-refractivity contribution in [3.05, 3.63) is 70.7 Å². The van der Waals surface area contributed by atoms with E-state index in [0.29, 0.717) is 16.5 Å². The summed E-state index contributed by atoms with van der Waals surface area (Å²) >= 11 is 5.89. The molecule has 2 aromatic rings. The molecule has 0 unspecified atom stereocenters. The minimum Gasteiger partial charge on any atom is -0.495 e. The van der Waals surface area contributed by atoms with Crippen molar-refractivity contribution in [3.8, 4) is 16.9 Å². The topological polar surface area (TPSA) is 67.4 Å². The molecule has 0 bridgehead atoms. The highest BCUT2D eigenvalue weighted by molar-refractivity contribution is 7.96. The van der Waals surface area contributed by atoms with Gasteiger partial charge < -0.3 is 10.1 Å². The first-order valence-electron chi connectivity index (χ1n) is 7.55. The normalized spacial score (nSPS) is 14.2. The van der Waals surface area contributed by atoms with Gasteiger partial charge in [-0.3, -0.25) is 4.72 Å². The van der Waals surface area contributed by atoms with Gasteiger partial charge in [0, 0.05) is 6.20 Å². The number of benzene rings is 2. The molecule has 5 nitrogen and oxygen atoms in total. The van der Waals surface area contributed by atoms with E-state index in [1.807, 2.05) is 36.4 Å². The van der Waals surface area contributed by atoms with Crippen LogP contribution in [0.1, 0.15) is 0 Å². The second kappa shape index (κ2) is 7.21. The number of methoxy groups -OCH3 is 1. The average molecular weight is 377 g/mol. The molecule has 0 aliphatic carbocycles. The Hall–Kier alpha value is -2.44. The van der Waals surface area contributed by atoms with Crippen molar-refractivity contribution in [1.82, 2.24) is 5.32 Å². The fraction of sp³-hybridized carbons (Fsp3) is 0.111. The number of dihydropyridines is 1. The Kier molecular flexibility index (Phi) is 5.01. The Labute approximate surface area is 152 Å². The predicted octanol–water partition coefficient (Wildman–Crippen LogP) is 3.67. The number of hydrogen-bond donors (Lipinski definition) is 2. The van der Waals surface area contributed by atoms with E-state index in [0.717, 1.165) is 11.1 Å². The van der Waals surface area contributed by atoms with Gasteiger partial charge in [0.1, 0.15) is 5.75 Å². The Balaban J connectivity index is 1.97. The van der Waals surface area contributed by atoms with Crippen LogP contribution in [0.3, 0.4) is 0 Å². The highest BCUT2D eigenvalue weighted by atomic mass is 35.5. The van der Waals surface area contributed by atoms with Gasteiger partial charge >= 0.3 is 0 Å². The first-order chi connectivity index (χ1) is 12.0. The largest absolute Gasteiger partial charge is 0.495 e. The molecule has 1 aliphatic heterocycles. The molecule has 0 radical (unpaired) electrons. The van der Waals surface area contributed by atoms with Crippen molar-refractivity contribution in [2.45, 2.75) is 0 Å². The van der Waals surface area contributed by atoms with Crippen LogP contribution in [0.4, 0.5) is 5.69 Å². The number of rotatable bonds is 5. The van der Waals surface area contributed by atoms with E-state index >= 15 is 0 Å². The summed E-state index contributed by atoms with van der Waals surface area (Å²) < 4.78 is 33.2. The highest BCUT2D eigenvalue weighted by Gasteiger charge is 2.21. The minimum atomic E-state index is -3.76. The Bertz CT molecular complexity index is 938. The van der Waals surface area contributed by atoms with E-state index in [9.17, 15) is 8.42 Å². The van der Waals surface area contributed by atoms with Gasteiger partial charge in [-0.2, -0.15) is 0 Å². The van der Waals surface area contributed by atoms with E-state index in [4.69, 9.17) is 16.3 Å². The average Bonchev–Trinajstić information content (AvgIpc) is 2.62. The summed E-state index contributed by atoms with van der Waals surface area (Å²) in [7, 11) is -2.26. The minimum absolute atomic E-state index is 0.159. The molecule has 0 spiro atoms. The molecular formula is C18H17ClN2O3S. The predicted molar refractivity (Wildman–Crippen MR) is 101 cm³/mol. The Morgan fingerprint density at radius 1 is 1.12 bits per heavy atom. The zero-order valence-electron chi connectivity index (χ0n) is 13.5. The fourth-order valence-electron chi connectivity index (χ4n) is 2.48. The van der Waals surface area contributed by atoms with E-state index in [1.165, 1.54) is 13.2 Å². The molecular weight excluding hydrogens is 360 g/mol. The molecule has 7 heteroatoms. The van der Waals surface area contributed by atoms with Crippen LogP contribution in [-0.2, 0) is 10.0 Å². The smallest absolute Gasteiger partial charge is 0.259 e. The van der Waals surface area contributed by atoms with Crippen molar-refractivity contribution in [3.63, 3.8) is 0 Å². The molecule has 2 N–H and O–H groups in total. The van der Waals surface area contributed by atoms with Crippen molar-refractivity contribution in [1.29, 1.82) is 0 Å². The number of nitrogens with one attached hydrogen (secondary N) is 2. The lowest BCUT2D eigenvalue weighted by atomic mass is 10.1. The Morgan fingerprint density at radius 3 is 2.56 bits per heavy atom. The maximum Gasteiger partial charge on any atom is 0.259 e. The number of hydrogen-bond acceptors (Lipinski definition) is 4. The van der Waals surface area contributed by atoms with Gasteiger partial charge in [0.15, 0.2) is 0 Å². The third kappa shape index (κ3) is 3.97. The molecule has 0 fully saturated rings. The monoisotopic (exact) mass is 376 g/mol. The number of anilines is 1. The van der Waals surface area contributed by atoms with Crippen molar-refractivity contribution >= 4 is 27.3 Å². The number of ether oxygens (including phenoxy) is 1. The van der Waals surface area contributed by atoms with Gasteiger partial charge in [-0.1, -0.05) is 48.0 Å². The third-order valence-corrected chi connectivity index (χ3v) is 5.37. The van der Waals surface area contributed by atoms with Crippen LogP contribution in [0.25, 0.3) is 11.1 Å². The van der Waals surface area contributed by atoms with Crippen molar-refractivity contribution in [2.24, 2.45) is 0 Å². The lowest BCUT2D eigenvalue weighted by molar-refractivity contribution is 0.417. The number of allylic oxidation sites excluding steroid dienone is 2. The molecule has 2 aromatic carbocycles. The highest BCUT2D eigenvalue weighted by Crippen LogP contribution is 2.32. The van der Waals surface area contributed by atoms with Gasteiger partial charge in [0.05, 0.1) is 29.3 Å².